The topological polar surface area (TPSA) is 75.1 Å². The van der Waals surface area contributed by atoms with Crippen LogP contribution in [0.25, 0.3) is 0 Å². The van der Waals surface area contributed by atoms with Crippen molar-refractivity contribution < 1.29 is 9.90 Å². The van der Waals surface area contributed by atoms with Crippen LogP contribution < -0.4 is 5.32 Å². The van der Waals surface area contributed by atoms with Crippen LogP contribution in [-0.2, 0) is 0 Å². The summed E-state index contributed by atoms with van der Waals surface area (Å²) in [6.07, 6.45) is 1.38. The normalized spacial score (nSPS) is 12.8. The lowest BCUT2D eigenvalue weighted by Gasteiger charge is -2.15. The minimum Gasteiger partial charge on any atom is -0.396 e. The molecule has 1 heterocycles. The second-order valence-electron chi connectivity index (χ2n) is 4.23. The lowest BCUT2D eigenvalue weighted by molar-refractivity contribution is 0.0931. The molecule has 0 aliphatic rings. The Hall–Kier alpha value is -1.01. The number of aliphatic hydroxyl groups excluding tert-OH is 1. The summed E-state index contributed by atoms with van der Waals surface area (Å²) >= 11 is 1.12. The van der Waals surface area contributed by atoms with Crippen LogP contribution in [0.3, 0.4) is 0 Å². The number of hydrogen-bond acceptors (Lipinski definition) is 5. The van der Waals surface area contributed by atoms with Crippen LogP contribution >= 0.6 is 11.5 Å². The molecule has 0 fully saturated rings. The van der Waals surface area contributed by atoms with Gasteiger partial charge in [0.1, 0.15) is 4.88 Å². The van der Waals surface area contributed by atoms with E-state index in [4.69, 9.17) is 5.11 Å². The first-order valence-electron chi connectivity index (χ1n) is 5.84. The van der Waals surface area contributed by atoms with Gasteiger partial charge in [-0.3, -0.25) is 4.79 Å². The first kappa shape index (κ1) is 14.1. The fourth-order valence-corrected chi connectivity index (χ4v) is 2.24. The maximum absolute atomic E-state index is 12.0. The van der Waals surface area contributed by atoms with Gasteiger partial charge in [0.15, 0.2) is 0 Å². The number of aliphatic hydroxyl groups is 1. The van der Waals surface area contributed by atoms with Crippen LogP contribution in [0, 0.1) is 0 Å². The molecule has 0 aromatic carbocycles. The molecule has 0 bridgehead atoms. The SMILES string of the molecule is CCC(CCO)NC(=O)c1snnc1C(C)C. The van der Waals surface area contributed by atoms with Crippen molar-refractivity contribution in [3.8, 4) is 0 Å². The summed E-state index contributed by atoms with van der Waals surface area (Å²) in [5.74, 6) is 0.0522. The van der Waals surface area contributed by atoms with E-state index in [-0.39, 0.29) is 24.5 Å². The van der Waals surface area contributed by atoms with Gasteiger partial charge in [-0.2, -0.15) is 0 Å². The van der Waals surface area contributed by atoms with E-state index in [0.29, 0.717) is 11.3 Å². The van der Waals surface area contributed by atoms with Gasteiger partial charge in [-0.15, -0.1) is 5.10 Å². The average molecular weight is 257 g/mol. The summed E-state index contributed by atoms with van der Waals surface area (Å²) in [5, 5.41) is 15.8. The average Bonchev–Trinajstić information content (AvgIpc) is 2.77. The Kier molecular flexibility index (Phi) is 5.50. The van der Waals surface area contributed by atoms with E-state index in [1.165, 1.54) is 0 Å². The van der Waals surface area contributed by atoms with Crippen LogP contribution in [0.1, 0.15) is 54.9 Å². The highest BCUT2D eigenvalue weighted by atomic mass is 32.1. The van der Waals surface area contributed by atoms with Crippen LogP contribution in [0.4, 0.5) is 0 Å². The van der Waals surface area contributed by atoms with Gasteiger partial charge >= 0.3 is 0 Å². The number of aromatic nitrogens is 2. The molecule has 1 unspecified atom stereocenters. The third-order valence-electron chi connectivity index (χ3n) is 2.57. The Labute approximate surface area is 105 Å². The Bertz CT molecular complexity index is 365. The van der Waals surface area contributed by atoms with Gasteiger partial charge in [-0.05, 0) is 30.3 Å². The van der Waals surface area contributed by atoms with Gasteiger partial charge in [0.05, 0.1) is 5.69 Å². The Morgan fingerprint density at radius 3 is 2.76 bits per heavy atom. The van der Waals surface area contributed by atoms with Crippen molar-refractivity contribution in [3.63, 3.8) is 0 Å². The van der Waals surface area contributed by atoms with E-state index in [1.807, 2.05) is 20.8 Å². The summed E-state index contributed by atoms with van der Waals surface area (Å²) in [7, 11) is 0. The highest BCUT2D eigenvalue weighted by Gasteiger charge is 2.20. The lowest BCUT2D eigenvalue weighted by atomic mass is 10.1. The van der Waals surface area contributed by atoms with Crippen LogP contribution in [0.5, 0.6) is 0 Å². The zero-order chi connectivity index (χ0) is 12.8. The molecule has 1 aromatic heterocycles. The van der Waals surface area contributed by atoms with Crippen molar-refractivity contribution in [1.29, 1.82) is 0 Å². The van der Waals surface area contributed by atoms with Crippen molar-refractivity contribution >= 4 is 17.4 Å². The van der Waals surface area contributed by atoms with E-state index in [9.17, 15) is 4.79 Å². The predicted octanol–water partition coefficient (Wildman–Crippen LogP) is 1.55. The molecule has 0 saturated carbocycles. The largest absolute Gasteiger partial charge is 0.396 e. The number of carbonyl (C=O) groups is 1. The van der Waals surface area contributed by atoms with Gasteiger partial charge in [-0.25, -0.2) is 0 Å². The molecule has 0 spiro atoms. The molecule has 5 nitrogen and oxygen atoms in total. The molecule has 0 aliphatic carbocycles. The first-order chi connectivity index (χ1) is 8.10. The molecule has 96 valence electrons. The maximum Gasteiger partial charge on any atom is 0.265 e. The Morgan fingerprint density at radius 1 is 1.53 bits per heavy atom. The molecular weight excluding hydrogens is 238 g/mol. The highest BCUT2D eigenvalue weighted by molar-refractivity contribution is 7.08. The number of rotatable bonds is 6. The Morgan fingerprint density at radius 2 is 2.24 bits per heavy atom. The smallest absolute Gasteiger partial charge is 0.265 e. The molecule has 17 heavy (non-hydrogen) atoms. The van der Waals surface area contributed by atoms with E-state index >= 15 is 0 Å². The van der Waals surface area contributed by atoms with Crippen molar-refractivity contribution in [2.75, 3.05) is 6.61 Å². The number of nitrogens with zero attached hydrogens (tertiary/aromatic N) is 2. The first-order valence-corrected chi connectivity index (χ1v) is 6.61. The zero-order valence-electron chi connectivity index (χ0n) is 10.4. The van der Waals surface area contributed by atoms with Gasteiger partial charge in [0.25, 0.3) is 5.91 Å². The molecule has 0 aliphatic heterocycles. The Balaban J connectivity index is 2.72. The molecule has 2 N–H and O–H groups in total. The number of nitrogens with one attached hydrogen (secondary N) is 1. The number of carbonyl (C=O) groups excluding carboxylic acids is 1. The van der Waals surface area contributed by atoms with Gasteiger partial charge in [0, 0.05) is 12.6 Å². The van der Waals surface area contributed by atoms with E-state index < -0.39 is 0 Å². The second-order valence-corrected chi connectivity index (χ2v) is 4.99. The fourth-order valence-electron chi connectivity index (χ4n) is 1.52. The molecule has 0 radical (unpaired) electrons. The number of amides is 1. The number of hydrogen-bond donors (Lipinski definition) is 2. The second kappa shape index (κ2) is 6.66. The summed E-state index contributed by atoms with van der Waals surface area (Å²) in [5.41, 5.74) is 0.742. The van der Waals surface area contributed by atoms with Gasteiger partial charge in [-0.1, -0.05) is 25.3 Å². The van der Waals surface area contributed by atoms with Crippen molar-refractivity contribution in [3.05, 3.63) is 10.6 Å². The third kappa shape index (κ3) is 3.74. The quantitative estimate of drug-likeness (QED) is 0.811. The summed E-state index contributed by atoms with van der Waals surface area (Å²) in [4.78, 5) is 12.6. The van der Waals surface area contributed by atoms with E-state index in [1.54, 1.807) is 0 Å². The van der Waals surface area contributed by atoms with Crippen LogP contribution in [-0.4, -0.2) is 33.2 Å². The fraction of sp³-hybridized carbons (Fsp3) is 0.727. The van der Waals surface area contributed by atoms with Crippen LogP contribution in [0.15, 0.2) is 0 Å². The van der Waals surface area contributed by atoms with E-state index in [2.05, 4.69) is 14.9 Å². The van der Waals surface area contributed by atoms with Crippen LogP contribution in [0.2, 0.25) is 0 Å². The zero-order valence-corrected chi connectivity index (χ0v) is 11.3. The van der Waals surface area contributed by atoms with Crippen molar-refractivity contribution in [2.45, 2.75) is 45.6 Å². The van der Waals surface area contributed by atoms with Crippen molar-refractivity contribution in [2.24, 2.45) is 0 Å². The lowest BCUT2D eigenvalue weighted by Crippen LogP contribution is -2.35. The minimum absolute atomic E-state index is 0.00890. The maximum atomic E-state index is 12.0. The third-order valence-corrected chi connectivity index (χ3v) is 3.31. The molecular formula is C11H19N3O2S. The highest BCUT2D eigenvalue weighted by Crippen LogP contribution is 2.19. The molecule has 6 heteroatoms. The molecule has 1 amide bonds. The summed E-state index contributed by atoms with van der Waals surface area (Å²) in [6, 6.07) is 0.00890. The molecule has 0 saturated heterocycles. The molecule has 1 rings (SSSR count). The minimum atomic E-state index is -0.135. The molecule has 1 aromatic rings. The van der Waals surface area contributed by atoms with E-state index in [0.717, 1.165) is 23.6 Å². The predicted molar refractivity (Wildman–Crippen MR) is 67.2 cm³/mol. The monoisotopic (exact) mass is 257 g/mol. The van der Waals surface area contributed by atoms with Gasteiger partial charge < -0.3 is 10.4 Å². The summed E-state index contributed by atoms with van der Waals surface area (Å²) in [6.45, 7) is 6.03. The molecule has 1 atom stereocenters. The summed E-state index contributed by atoms with van der Waals surface area (Å²) < 4.78 is 3.83. The standard InChI is InChI=1S/C11H19N3O2S/c1-4-8(5-6-15)12-11(16)10-9(7(2)3)13-14-17-10/h7-8,15H,4-6H2,1-3H3,(H,12,16). The van der Waals surface area contributed by atoms with Gasteiger partial charge in [0.2, 0.25) is 0 Å². The van der Waals surface area contributed by atoms with Crippen molar-refractivity contribution in [1.82, 2.24) is 14.9 Å².